The lowest BCUT2D eigenvalue weighted by Gasteiger charge is -2.08. The molecule has 0 aliphatic heterocycles. The summed E-state index contributed by atoms with van der Waals surface area (Å²) in [5.74, 6) is -1.81. The summed E-state index contributed by atoms with van der Waals surface area (Å²) in [4.78, 5) is 13.9. The third kappa shape index (κ3) is 2.58. The highest BCUT2D eigenvalue weighted by Gasteiger charge is 2.30. The van der Waals surface area contributed by atoms with E-state index in [4.69, 9.17) is 0 Å². The summed E-state index contributed by atoms with van der Waals surface area (Å²) in [6, 6.07) is 5.83. The van der Waals surface area contributed by atoms with Crippen molar-refractivity contribution in [2.45, 2.75) is 6.18 Å². The average Bonchev–Trinajstić information content (AvgIpc) is 2.85. The van der Waals surface area contributed by atoms with Crippen LogP contribution in [0.4, 0.5) is 22.0 Å². The molecule has 1 N–H and O–H groups in total. The maximum atomic E-state index is 13.8. The van der Waals surface area contributed by atoms with Crippen molar-refractivity contribution in [3.8, 4) is 11.3 Å². The highest BCUT2D eigenvalue weighted by atomic mass is 19.4. The van der Waals surface area contributed by atoms with Crippen LogP contribution in [0.2, 0.25) is 0 Å². The minimum absolute atomic E-state index is 0.00519. The zero-order chi connectivity index (χ0) is 16.8. The van der Waals surface area contributed by atoms with E-state index < -0.39 is 23.4 Å². The molecule has 23 heavy (non-hydrogen) atoms. The highest BCUT2D eigenvalue weighted by Crippen LogP contribution is 2.35. The predicted octanol–water partition coefficient (Wildman–Crippen LogP) is 4.94. The number of carbonyl (C=O) groups excluding carboxylic acids is 1. The number of hydrogen-bond donors (Lipinski definition) is 1. The van der Waals surface area contributed by atoms with Crippen molar-refractivity contribution in [1.29, 1.82) is 0 Å². The number of aromatic nitrogens is 1. The minimum atomic E-state index is -4.55. The fourth-order valence-electron chi connectivity index (χ4n) is 2.44. The van der Waals surface area contributed by atoms with Crippen LogP contribution in [-0.2, 0) is 6.18 Å². The minimum Gasteiger partial charge on any atom is -0.352 e. The second-order valence-electron chi connectivity index (χ2n) is 4.92. The Morgan fingerprint density at radius 3 is 2.43 bits per heavy atom. The molecule has 0 amide bonds. The number of nitrogens with one attached hydrogen (secondary N) is 1. The summed E-state index contributed by atoms with van der Waals surface area (Å²) >= 11 is 0. The number of H-pyrrole nitrogens is 1. The van der Waals surface area contributed by atoms with E-state index in [-0.39, 0.29) is 27.7 Å². The molecule has 1 aromatic heterocycles. The van der Waals surface area contributed by atoms with E-state index in [0.717, 1.165) is 18.2 Å². The highest BCUT2D eigenvalue weighted by molar-refractivity contribution is 6.04. The van der Waals surface area contributed by atoms with Gasteiger partial charge in [-0.3, -0.25) is 4.79 Å². The van der Waals surface area contributed by atoms with Crippen LogP contribution in [0.15, 0.2) is 36.4 Å². The largest absolute Gasteiger partial charge is 0.416 e. The number of aromatic amines is 1. The third-order valence-electron chi connectivity index (χ3n) is 3.46. The molecular formula is C16H8F5NO. The molecule has 0 bridgehead atoms. The van der Waals surface area contributed by atoms with E-state index >= 15 is 0 Å². The maximum absolute atomic E-state index is 13.8. The summed E-state index contributed by atoms with van der Waals surface area (Å²) in [5, 5.41) is -0.0232. The van der Waals surface area contributed by atoms with E-state index in [0.29, 0.717) is 12.4 Å². The normalized spacial score (nSPS) is 11.9. The van der Waals surface area contributed by atoms with Crippen molar-refractivity contribution in [1.82, 2.24) is 4.98 Å². The molecule has 0 saturated heterocycles. The number of alkyl halides is 3. The summed E-state index contributed by atoms with van der Waals surface area (Å²) in [7, 11) is 0. The first kappa shape index (κ1) is 15.2. The Labute approximate surface area is 126 Å². The van der Waals surface area contributed by atoms with Crippen LogP contribution in [-0.4, -0.2) is 11.3 Å². The van der Waals surface area contributed by atoms with E-state index in [2.05, 4.69) is 4.98 Å². The molecule has 1 heterocycles. The number of rotatable bonds is 2. The fourth-order valence-corrected chi connectivity index (χ4v) is 2.44. The van der Waals surface area contributed by atoms with Gasteiger partial charge in [-0.1, -0.05) is 12.1 Å². The zero-order valence-corrected chi connectivity index (χ0v) is 11.3. The van der Waals surface area contributed by atoms with Gasteiger partial charge in [-0.25, -0.2) is 8.78 Å². The Balaban J connectivity index is 2.29. The van der Waals surface area contributed by atoms with Crippen molar-refractivity contribution in [2.24, 2.45) is 0 Å². The zero-order valence-electron chi connectivity index (χ0n) is 11.3. The van der Waals surface area contributed by atoms with E-state index in [1.54, 1.807) is 0 Å². The number of carbonyl (C=O) groups is 1. The molecule has 2 nitrogen and oxygen atoms in total. The van der Waals surface area contributed by atoms with Crippen LogP contribution >= 0.6 is 0 Å². The Hall–Kier alpha value is -2.70. The number of hydrogen-bond acceptors (Lipinski definition) is 1. The number of fused-ring (bicyclic) bond motifs is 1. The molecule has 3 rings (SSSR count). The molecule has 7 heteroatoms. The van der Waals surface area contributed by atoms with Gasteiger partial charge in [0.25, 0.3) is 0 Å². The van der Waals surface area contributed by atoms with Crippen molar-refractivity contribution in [3.63, 3.8) is 0 Å². The lowest BCUT2D eigenvalue weighted by molar-refractivity contribution is -0.137. The molecule has 0 aliphatic carbocycles. The van der Waals surface area contributed by atoms with Crippen molar-refractivity contribution in [2.75, 3.05) is 0 Å². The van der Waals surface area contributed by atoms with Crippen LogP contribution < -0.4 is 0 Å². The lowest BCUT2D eigenvalue weighted by Crippen LogP contribution is -2.04. The molecule has 3 aromatic rings. The standard InChI is InChI=1S/C16H8F5NO/c17-10-5-11-12(7-23)14(22-15(11)13(18)6-10)8-2-1-3-9(4-8)16(19,20)21/h1-7,22H. The summed E-state index contributed by atoms with van der Waals surface area (Å²) in [6.45, 7) is 0. The van der Waals surface area contributed by atoms with E-state index in [9.17, 15) is 26.7 Å². The second kappa shape index (κ2) is 5.19. The first-order valence-electron chi connectivity index (χ1n) is 6.45. The number of aldehydes is 1. The molecule has 0 saturated carbocycles. The van der Waals surface area contributed by atoms with Gasteiger partial charge in [-0.05, 0) is 23.8 Å². The quantitative estimate of drug-likeness (QED) is 0.525. The third-order valence-corrected chi connectivity index (χ3v) is 3.46. The van der Waals surface area contributed by atoms with Crippen LogP contribution in [0.3, 0.4) is 0 Å². The van der Waals surface area contributed by atoms with Crippen molar-refractivity contribution in [3.05, 3.63) is 59.2 Å². The molecule has 0 fully saturated rings. The molecule has 0 unspecified atom stereocenters. The molecule has 118 valence electrons. The average molecular weight is 325 g/mol. The molecule has 0 spiro atoms. The van der Waals surface area contributed by atoms with E-state index in [1.807, 2.05) is 0 Å². The van der Waals surface area contributed by atoms with Gasteiger partial charge in [0.05, 0.1) is 16.8 Å². The molecule has 0 atom stereocenters. The summed E-state index contributed by atoms with van der Waals surface area (Å²) in [6.07, 6.45) is -4.20. The van der Waals surface area contributed by atoms with Gasteiger partial charge in [0.2, 0.25) is 0 Å². The Morgan fingerprint density at radius 1 is 1.04 bits per heavy atom. The van der Waals surface area contributed by atoms with Crippen molar-refractivity contribution >= 4 is 17.2 Å². The maximum Gasteiger partial charge on any atom is 0.416 e. The van der Waals surface area contributed by atoms with Gasteiger partial charge < -0.3 is 4.98 Å². The molecule has 2 aromatic carbocycles. The first-order valence-corrected chi connectivity index (χ1v) is 6.45. The van der Waals surface area contributed by atoms with Gasteiger partial charge in [-0.15, -0.1) is 0 Å². The Kier molecular flexibility index (Phi) is 3.43. The molecular weight excluding hydrogens is 317 g/mol. The molecule has 0 aliphatic rings. The lowest BCUT2D eigenvalue weighted by atomic mass is 10.0. The Morgan fingerprint density at radius 2 is 1.78 bits per heavy atom. The van der Waals surface area contributed by atoms with Gasteiger partial charge >= 0.3 is 6.18 Å². The van der Waals surface area contributed by atoms with Crippen LogP contribution in [0, 0.1) is 11.6 Å². The first-order chi connectivity index (χ1) is 10.8. The predicted molar refractivity (Wildman–Crippen MR) is 74.0 cm³/mol. The van der Waals surface area contributed by atoms with Crippen LogP contribution in [0.25, 0.3) is 22.2 Å². The van der Waals surface area contributed by atoms with Crippen LogP contribution in [0.1, 0.15) is 15.9 Å². The number of benzene rings is 2. The van der Waals surface area contributed by atoms with Gasteiger partial charge in [-0.2, -0.15) is 13.2 Å². The Bertz CT molecular complexity index is 911. The number of halogens is 5. The van der Waals surface area contributed by atoms with Crippen molar-refractivity contribution < 1.29 is 26.7 Å². The van der Waals surface area contributed by atoms with Gasteiger partial charge in [0.1, 0.15) is 11.6 Å². The second-order valence-corrected chi connectivity index (χ2v) is 4.92. The van der Waals surface area contributed by atoms with E-state index in [1.165, 1.54) is 12.1 Å². The molecule has 0 radical (unpaired) electrons. The van der Waals surface area contributed by atoms with Gasteiger partial charge in [0, 0.05) is 17.0 Å². The smallest absolute Gasteiger partial charge is 0.352 e. The monoisotopic (exact) mass is 325 g/mol. The summed E-state index contributed by atoms with van der Waals surface area (Å²) < 4.78 is 65.5. The van der Waals surface area contributed by atoms with Crippen LogP contribution in [0.5, 0.6) is 0 Å². The fraction of sp³-hybridized carbons (Fsp3) is 0.0625. The SMILES string of the molecule is O=Cc1c(-c2cccc(C(F)(F)F)c2)[nH]c2c(F)cc(F)cc12. The van der Waals surface area contributed by atoms with Gasteiger partial charge in [0.15, 0.2) is 6.29 Å². The topological polar surface area (TPSA) is 32.9 Å². The summed E-state index contributed by atoms with van der Waals surface area (Å²) in [5.41, 5.74) is -1.08.